The monoisotopic (exact) mass is 1030 g/mol. The number of cyclic esters (lactones) is 1. The first-order valence-electron chi connectivity index (χ1n) is 25.4. The van der Waals surface area contributed by atoms with Gasteiger partial charge in [0, 0.05) is 39.8 Å². The van der Waals surface area contributed by atoms with Crippen LogP contribution in [0.2, 0.25) is 0 Å². The highest BCUT2D eigenvalue weighted by molar-refractivity contribution is 5.99. The zero-order valence-electron chi connectivity index (χ0n) is 43.2. The van der Waals surface area contributed by atoms with E-state index in [0.717, 1.165) is 9.80 Å². The lowest BCUT2D eigenvalue weighted by Gasteiger charge is -2.43. The summed E-state index contributed by atoms with van der Waals surface area (Å²) in [6.07, 6.45) is -3.12. The Morgan fingerprint density at radius 2 is 1.49 bits per heavy atom. The number of primary amides is 1. The van der Waals surface area contributed by atoms with Gasteiger partial charge in [0.2, 0.25) is 53.2 Å². The van der Waals surface area contributed by atoms with E-state index in [-0.39, 0.29) is 62.5 Å². The van der Waals surface area contributed by atoms with Crippen LogP contribution in [0, 0.1) is 11.8 Å². The van der Waals surface area contributed by atoms with Crippen molar-refractivity contribution in [1.29, 1.82) is 0 Å². The molecule has 3 unspecified atom stereocenters. The van der Waals surface area contributed by atoms with Crippen LogP contribution in [0.15, 0.2) is 54.6 Å². The highest BCUT2D eigenvalue weighted by Gasteiger charge is 2.46. The summed E-state index contributed by atoms with van der Waals surface area (Å²) in [4.78, 5) is 144. The molecule has 22 heteroatoms. The van der Waals surface area contributed by atoms with Gasteiger partial charge in [-0.15, -0.1) is 0 Å². The molecule has 0 radical (unpaired) electrons. The molecular formula is C52H73N9O13. The van der Waals surface area contributed by atoms with Crippen LogP contribution >= 0.6 is 0 Å². The third-order valence-corrected chi connectivity index (χ3v) is 14.0. The maximum Gasteiger partial charge on any atom is 0.329 e. The molecule has 74 heavy (non-hydrogen) atoms. The van der Waals surface area contributed by atoms with Gasteiger partial charge in [0.05, 0.1) is 0 Å². The topological polar surface area (TPSA) is 316 Å². The minimum absolute atomic E-state index is 0.00452. The number of fused-ring (bicyclic) bond motifs is 2. The van der Waals surface area contributed by atoms with Crippen LogP contribution in [0.1, 0.15) is 104 Å². The summed E-state index contributed by atoms with van der Waals surface area (Å²) in [7, 11) is 1.36. The first-order chi connectivity index (χ1) is 35.0. The Morgan fingerprint density at radius 3 is 2.11 bits per heavy atom. The number of nitrogens with zero attached hydrogens (tertiary/aromatic N) is 3. The first-order valence-corrected chi connectivity index (χ1v) is 25.4. The summed E-state index contributed by atoms with van der Waals surface area (Å²) in [5.74, 6) is -9.13. The predicted molar refractivity (Wildman–Crippen MR) is 267 cm³/mol. The number of benzene rings is 2. The van der Waals surface area contributed by atoms with Crippen molar-refractivity contribution < 1.29 is 62.9 Å². The van der Waals surface area contributed by atoms with E-state index < -0.39 is 120 Å². The molecule has 0 spiro atoms. The van der Waals surface area contributed by atoms with Gasteiger partial charge >= 0.3 is 5.97 Å². The van der Waals surface area contributed by atoms with Gasteiger partial charge in [0.25, 0.3) is 0 Å². The Bertz CT molecular complexity index is 2370. The number of ether oxygens (including phenoxy) is 1. The van der Waals surface area contributed by atoms with Gasteiger partial charge in [-0.2, -0.15) is 0 Å². The van der Waals surface area contributed by atoms with E-state index in [1.54, 1.807) is 70.2 Å². The van der Waals surface area contributed by atoms with E-state index in [9.17, 15) is 53.4 Å². The van der Waals surface area contributed by atoms with Gasteiger partial charge in [-0.3, -0.25) is 43.2 Å². The molecule has 3 saturated heterocycles. The third-order valence-electron chi connectivity index (χ3n) is 14.0. The maximum atomic E-state index is 15.1. The SMILES string of the molecule is CC[C@H](C)[C@@H]1NC(=O)[C@H](Cc2ccc(O)cc2)N(C)C(=O)C(Cc2ccccc2)N2C(=O)[C@H](CC[C@H]2O)NC(=O)C(CC(C)C)NC(=O)C(NC(=O)[C@H](CCC(N)=O)NC(=O)[C@@H]2CCCN2C(C)=O)[C@@H](C)OC1=O. The average molecular weight is 1030 g/mol. The number of nitrogens with two attached hydrogens (primary N) is 1. The molecule has 3 fully saturated rings. The van der Waals surface area contributed by atoms with Crippen LogP contribution in [-0.2, 0) is 65.5 Å². The fourth-order valence-electron chi connectivity index (χ4n) is 9.56. The minimum atomic E-state index is -1.82. The summed E-state index contributed by atoms with van der Waals surface area (Å²) >= 11 is 0. The molecule has 5 rings (SSSR count). The maximum absolute atomic E-state index is 15.1. The number of aliphatic hydroxyl groups excluding tert-OH is 1. The van der Waals surface area contributed by atoms with Crippen molar-refractivity contribution in [3.05, 3.63) is 65.7 Å². The molecule has 2 bridgehead atoms. The Hall–Kier alpha value is -7.10. The quantitative estimate of drug-likeness (QED) is 0.110. The van der Waals surface area contributed by atoms with E-state index in [2.05, 4.69) is 26.6 Å². The van der Waals surface area contributed by atoms with Crippen LogP contribution in [-0.4, -0.2) is 158 Å². The number of esters is 1. The molecule has 0 saturated carbocycles. The van der Waals surface area contributed by atoms with Crippen molar-refractivity contribution in [3.63, 3.8) is 0 Å². The number of likely N-dealkylation sites (N-methyl/N-ethyl adjacent to an activating group) is 1. The number of likely N-dealkylation sites (tertiary alicyclic amines) is 1. The minimum Gasteiger partial charge on any atom is -0.508 e. The van der Waals surface area contributed by atoms with Crippen molar-refractivity contribution >= 4 is 59.1 Å². The number of hydrogen-bond donors (Lipinski definition) is 8. The first kappa shape index (κ1) is 57.8. The van der Waals surface area contributed by atoms with Crippen molar-refractivity contribution in [2.75, 3.05) is 13.6 Å². The van der Waals surface area contributed by atoms with Crippen LogP contribution < -0.4 is 32.3 Å². The number of amides is 9. The van der Waals surface area contributed by atoms with Gasteiger partial charge < -0.3 is 62.0 Å². The molecule has 11 atom stereocenters. The number of aliphatic hydroxyl groups is 1. The Morgan fingerprint density at radius 1 is 0.838 bits per heavy atom. The largest absolute Gasteiger partial charge is 0.508 e. The number of aromatic hydroxyl groups is 1. The summed E-state index contributed by atoms with van der Waals surface area (Å²) in [5, 5.41) is 35.0. The number of carbonyl (C=O) groups excluding carboxylic acids is 10. The standard InChI is InChI=1S/C52H73N9O13/c1-8-29(4)43-52(73)74-30(5)44(58-45(66)35(20-22-41(53)64)54-47(68)38-15-12-24-60(38)31(6)62)49(70)56-37(25-28(2)3)46(67)55-36-21-23-42(65)61(50(36)71)40(27-32-13-10-9-11-14-32)51(72)59(7)39(48(69)57-43)26-33-16-18-34(63)19-17-33/h9-11,13-14,16-19,28-30,35-40,42-44,63,65H,8,12,15,20-27H2,1-7H3,(H2,53,64)(H,54,68)(H,55,67)(H,56,70)(H,57,69)(H,58,66)/t29-,30+,35-,36-,37?,38-,39-,40?,42+,43-,44?/m0/s1. The Balaban J connectivity index is 1.61. The molecule has 9 N–H and O–H groups in total. The molecule has 22 nitrogen and oxygen atoms in total. The van der Waals surface area contributed by atoms with Crippen LogP contribution in [0.3, 0.4) is 0 Å². The van der Waals surface area contributed by atoms with Crippen molar-refractivity contribution in [1.82, 2.24) is 41.3 Å². The highest BCUT2D eigenvalue weighted by Crippen LogP contribution is 2.26. The summed E-state index contributed by atoms with van der Waals surface area (Å²) < 4.78 is 5.97. The Kier molecular flexibility index (Phi) is 20.5. The van der Waals surface area contributed by atoms with E-state index in [0.29, 0.717) is 36.9 Å². The smallest absolute Gasteiger partial charge is 0.329 e. The zero-order valence-corrected chi connectivity index (χ0v) is 43.2. The normalized spacial score (nSPS) is 26.3. The lowest BCUT2D eigenvalue weighted by Crippen LogP contribution is -2.65. The number of carbonyl (C=O) groups is 10. The van der Waals surface area contributed by atoms with E-state index in [1.807, 2.05) is 0 Å². The third kappa shape index (κ3) is 15.0. The van der Waals surface area contributed by atoms with Crippen molar-refractivity contribution in [2.24, 2.45) is 17.6 Å². The molecule has 2 aromatic rings. The summed E-state index contributed by atoms with van der Waals surface area (Å²) in [6, 6.07) is 3.39. The Labute approximate surface area is 431 Å². The van der Waals surface area contributed by atoms with Gasteiger partial charge in [-0.25, -0.2) is 4.79 Å². The fourth-order valence-corrected chi connectivity index (χ4v) is 9.56. The lowest BCUT2D eigenvalue weighted by atomic mass is 9.94. The van der Waals surface area contributed by atoms with Gasteiger partial charge in [-0.1, -0.05) is 76.6 Å². The molecule has 0 aliphatic carbocycles. The van der Waals surface area contributed by atoms with Gasteiger partial charge in [-0.05, 0) is 80.5 Å². The second-order valence-corrected chi connectivity index (χ2v) is 20.0. The molecule has 0 aromatic heterocycles. The lowest BCUT2D eigenvalue weighted by molar-refractivity contribution is -0.165. The molecule has 2 aromatic carbocycles. The predicted octanol–water partition coefficient (Wildman–Crippen LogP) is 0.0517. The summed E-state index contributed by atoms with van der Waals surface area (Å²) in [6.45, 7) is 9.88. The van der Waals surface area contributed by atoms with Crippen molar-refractivity contribution in [3.8, 4) is 5.75 Å². The number of phenols is 1. The van der Waals surface area contributed by atoms with E-state index in [1.165, 1.54) is 37.9 Å². The number of piperidine rings is 1. The van der Waals surface area contributed by atoms with E-state index >= 15 is 4.79 Å². The highest BCUT2D eigenvalue weighted by atomic mass is 16.5. The number of hydrogen-bond acceptors (Lipinski definition) is 13. The molecule has 404 valence electrons. The number of nitrogens with one attached hydrogen (secondary N) is 5. The van der Waals surface area contributed by atoms with Crippen molar-refractivity contribution in [2.45, 2.75) is 166 Å². The molecule has 3 aliphatic heterocycles. The van der Waals surface area contributed by atoms with E-state index in [4.69, 9.17) is 10.5 Å². The molecule has 3 aliphatic rings. The molecular weight excluding hydrogens is 959 g/mol. The van der Waals surface area contributed by atoms with Gasteiger partial charge in [0.15, 0.2) is 0 Å². The second-order valence-electron chi connectivity index (χ2n) is 20.0. The average Bonchev–Trinajstić information content (AvgIpc) is 3.86. The van der Waals surface area contributed by atoms with Crippen LogP contribution in [0.4, 0.5) is 0 Å². The molecule has 3 heterocycles. The van der Waals surface area contributed by atoms with Crippen LogP contribution in [0.5, 0.6) is 5.75 Å². The summed E-state index contributed by atoms with van der Waals surface area (Å²) in [5.41, 5.74) is 6.56. The fraction of sp³-hybridized carbons (Fsp3) is 0.577. The number of rotatable bonds is 15. The van der Waals surface area contributed by atoms with Gasteiger partial charge in [0.1, 0.15) is 66.4 Å². The second kappa shape index (κ2) is 26.2. The molecule has 9 amide bonds. The van der Waals surface area contributed by atoms with Crippen LogP contribution in [0.25, 0.3) is 0 Å². The zero-order chi connectivity index (χ0) is 54.6. The number of phenolic OH excluding ortho intramolecular Hbond substituents is 1.